The van der Waals surface area contributed by atoms with E-state index in [4.69, 9.17) is 0 Å². The molecule has 0 atom stereocenters. The Morgan fingerprint density at radius 2 is 1.15 bits per heavy atom. The Morgan fingerprint density at radius 1 is 0.618 bits per heavy atom. The number of unbranched alkanes of at least 4 members (excludes halogenated alkanes) is 4. The van der Waals surface area contributed by atoms with E-state index in [1.807, 2.05) is 0 Å². The van der Waals surface area contributed by atoms with Crippen molar-refractivity contribution in [1.82, 2.24) is 0 Å². The van der Waals surface area contributed by atoms with Crippen LogP contribution in [0.3, 0.4) is 0 Å². The van der Waals surface area contributed by atoms with Gasteiger partial charge in [0.15, 0.2) is 0 Å². The van der Waals surface area contributed by atoms with Crippen LogP contribution in [-0.4, -0.2) is 0 Å². The van der Waals surface area contributed by atoms with Crippen LogP contribution in [0.5, 0.6) is 0 Å². The predicted octanol–water partition coefficient (Wildman–Crippen LogP) is 9.34. The van der Waals surface area contributed by atoms with Crippen molar-refractivity contribution in [2.75, 3.05) is 0 Å². The third kappa shape index (κ3) is 6.01. The molecule has 174 valence electrons. The van der Waals surface area contributed by atoms with Crippen molar-refractivity contribution in [2.24, 2.45) is 0 Å². The Labute approximate surface area is 207 Å². The summed E-state index contributed by atoms with van der Waals surface area (Å²) < 4.78 is 0. The molecule has 0 unspecified atom stereocenters. The molecule has 0 aromatic heterocycles. The van der Waals surface area contributed by atoms with E-state index in [1.165, 1.54) is 68.5 Å². The molecule has 0 saturated heterocycles. The fraction of sp³-hybridized carbons (Fsp3) is 0.353. The summed E-state index contributed by atoms with van der Waals surface area (Å²) in [7, 11) is 0. The zero-order chi connectivity index (χ0) is 24.5. The lowest BCUT2D eigenvalue weighted by atomic mass is 9.84. The normalized spacial score (nSPS) is 10.3. The summed E-state index contributed by atoms with van der Waals surface area (Å²) >= 11 is 0. The first-order valence-corrected chi connectivity index (χ1v) is 12.8. The van der Waals surface area contributed by atoms with Gasteiger partial charge in [-0.15, -0.1) is 0 Å². The largest absolute Gasteiger partial charge is 0.0979 e. The van der Waals surface area contributed by atoms with Crippen LogP contribution in [0.25, 0.3) is 22.3 Å². The minimum Gasteiger partial charge on any atom is -0.0979 e. The van der Waals surface area contributed by atoms with Crippen LogP contribution in [0.15, 0.2) is 48.5 Å². The van der Waals surface area contributed by atoms with Gasteiger partial charge in [0.1, 0.15) is 0 Å². The molecule has 0 N–H and O–H groups in total. The van der Waals surface area contributed by atoms with Crippen LogP contribution in [0.2, 0.25) is 0 Å². The van der Waals surface area contributed by atoms with Crippen LogP contribution in [0.4, 0.5) is 0 Å². The molecule has 3 rings (SSSR count). The highest BCUT2D eigenvalue weighted by Crippen LogP contribution is 2.39. The number of benzene rings is 3. The van der Waals surface area contributed by atoms with E-state index in [0.717, 1.165) is 25.7 Å². The molecular formula is C34H38. The van der Waals surface area contributed by atoms with E-state index < -0.39 is 0 Å². The first kappa shape index (κ1) is 25.4. The summed E-state index contributed by atoms with van der Waals surface area (Å²) in [5.74, 6) is 13.7. The van der Waals surface area contributed by atoms with Gasteiger partial charge in [-0.2, -0.15) is 0 Å². The summed E-state index contributed by atoms with van der Waals surface area (Å²) in [6, 6.07) is 17.7. The molecular weight excluding hydrogens is 408 g/mol. The minimum absolute atomic E-state index is 0.953. The van der Waals surface area contributed by atoms with E-state index in [1.54, 1.807) is 0 Å². The highest BCUT2D eigenvalue weighted by atomic mass is 14.2. The molecule has 0 radical (unpaired) electrons. The molecule has 0 heteroatoms. The van der Waals surface area contributed by atoms with Gasteiger partial charge in [-0.3, -0.25) is 0 Å². The molecule has 3 aromatic rings. The lowest BCUT2D eigenvalue weighted by molar-refractivity contribution is 0.828. The second kappa shape index (κ2) is 12.3. The monoisotopic (exact) mass is 446 g/mol. The molecule has 0 aliphatic carbocycles. The quantitative estimate of drug-likeness (QED) is 0.261. The van der Waals surface area contributed by atoms with Crippen molar-refractivity contribution >= 4 is 0 Å². The molecule has 0 heterocycles. The Balaban J connectivity index is 2.20. The third-order valence-corrected chi connectivity index (χ3v) is 6.42. The standard InChI is InChI=1S/C34H38/c1-7-9-11-16-20-31-25(3)22-30(23-26(31)4)34-28(6)32(21-17-12-10-8-2)27(5)24-33(34)29-18-14-13-15-19-29/h13-15,18-19,22-24H,7-12H2,1-6H3. The SMILES string of the molecule is CCCCC#Cc1c(C)cc(-c2c(-c3ccccc3)cc(C)c(C#CCCCC)c2C)cc1C. The van der Waals surface area contributed by atoms with E-state index in [9.17, 15) is 0 Å². The van der Waals surface area contributed by atoms with Gasteiger partial charge in [-0.05, 0) is 91.1 Å². The zero-order valence-electron chi connectivity index (χ0n) is 21.9. The molecule has 0 bridgehead atoms. The van der Waals surface area contributed by atoms with E-state index in [-0.39, 0.29) is 0 Å². The molecule has 0 spiro atoms. The maximum absolute atomic E-state index is 3.51. The van der Waals surface area contributed by atoms with Gasteiger partial charge in [0, 0.05) is 24.0 Å². The van der Waals surface area contributed by atoms with Crippen molar-refractivity contribution in [1.29, 1.82) is 0 Å². The summed E-state index contributed by atoms with van der Waals surface area (Å²) in [6.45, 7) is 13.2. The number of rotatable bonds is 6. The van der Waals surface area contributed by atoms with Gasteiger partial charge in [0.05, 0.1) is 0 Å². The highest BCUT2D eigenvalue weighted by Gasteiger charge is 2.17. The van der Waals surface area contributed by atoms with Crippen molar-refractivity contribution < 1.29 is 0 Å². The van der Waals surface area contributed by atoms with E-state index in [0.29, 0.717) is 0 Å². The van der Waals surface area contributed by atoms with Gasteiger partial charge >= 0.3 is 0 Å². The highest BCUT2D eigenvalue weighted by molar-refractivity contribution is 5.88. The minimum atomic E-state index is 0.953. The molecule has 0 aliphatic heterocycles. The number of hydrogen-bond acceptors (Lipinski definition) is 0. The maximum Gasteiger partial charge on any atom is 0.0310 e. The van der Waals surface area contributed by atoms with Crippen LogP contribution in [0, 0.1) is 51.4 Å². The fourth-order valence-electron chi connectivity index (χ4n) is 4.53. The Hall–Kier alpha value is -3.22. The van der Waals surface area contributed by atoms with Crippen molar-refractivity contribution in [3.8, 4) is 45.9 Å². The van der Waals surface area contributed by atoms with Crippen molar-refractivity contribution in [2.45, 2.75) is 80.1 Å². The lowest BCUT2D eigenvalue weighted by Gasteiger charge is -2.19. The summed E-state index contributed by atoms with van der Waals surface area (Å²) in [6.07, 6.45) is 6.59. The topological polar surface area (TPSA) is 0 Å². The lowest BCUT2D eigenvalue weighted by Crippen LogP contribution is -1.98. The summed E-state index contributed by atoms with van der Waals surface area (Å²) in [5, 5.41) is 0. The first-order valence-electron chi connectivity index (χ1n) is 12.8. The smallest absolute Gasteiger partial charge is 0.0310 e. The number of hydrogen-bond donors (Lipinski definition) is 0. The molecule has 0 aliphatic rings. The number of aryl methyl sites for hydroxylation is 3. The van der Waals surface area contributed by atoms with Crippen LogP contribution in [0.1, 0.15) is 85.8 Å². The van der Waals surface area contributed by atoms with Crippen LogP contribution in [-0.2, 0) is 0 Å². The molecule has 0 nitrogen and oxygen atoms in total. The molecule has 0 amide bonds. The fourth-order valence-corrected chi connectivity index (χ4v) is 4.53. The van der Waals surface area contributed by atoms with Gasteiger partial charge in [0.25, 0.3) is 0 Å². The molecule has 34 heavy (non-hydrogen) atoms. The zero-order valence-corrected chi connectivity index (χ0v) is 21.9. The predicted molar refractivity (Wildman–Crippen MR) is 149 cm³/mol. The Bertz CT molecular complexity index is 1230. The average Bonchev–Trinajstić information content (AvgIpc) is 2.82. The average molecular weight is 447 g/mol. The van der Waals surface area contributed by atoms with Gasteiger partial charge in [0.2, 0.25) is 0 Å². The molecule has 0 saturated carbocycles. The van der Waals surface area contributed by atoms with E-state index >= 15 is 0 Å². The second-order valence-electron chi connectivity index (χ2n) is 9.28. The molecule has 3 aromatic carbocycles. The first-order chi connectivity index (χ1) is 16.5. The van der Waals surface area contributed by atoms with Gasteiger partial charge < -0.3 is 0 Å². The molecule has 0 fully saturated rings. The second-order valence-corrected chi connectivity index (χ2v) is 9.28. The Kier molecular flexibility index (Phi) is 9.19. The van der Waals surface area contributed by atoms with Gasteiger partial charge in [-0.25, -0.2) is 0 Å². The van der Waals surface area contributed by atoms with Gasteiger partial charge in [-0.1, -0.05) is 92.8 Å². The summed E-state index contributed by atoms with van der Waals surface area (Å²) in [4.78, 5) is 0. The third-order valence-electron chi connectivity index (χ3n) is 6.42. The van der Waals surface area contributed by atoms with E-state index in [2.05, 4.69) is 114 Å². The van der Waals surface area contributed by atoms with Crippen LogP contribution < -0.4 is 0 Å². The summed E-state index contributed by atoms with van der Waals surface area (Å²) in [5.41, 5.74) is 12.4. The van der Waals surface area contributed by atoms with Crippen molar-refractivity contribution in [3.63, 3.8) is 0 Å². The van der Waals surface area contributed by atoms with Crippen molar-refractivity contribution in [3.05, 3.63) is 81.9 Å². The van der Waals surface area contributed by atoms with Crippen LogP contribution >= 0.6 is 0 Å². The maximum atomic E-state index is 3.51. The Morgan fingerprint density at radius 3 is 1.71 bits per heavy atom.